The molecule has 4 rings (SSSR count). The van der Waals surface area contributed by atoms with Gasteiger partial charge in [-0.2, -0.15) is 13.2 Å². The normalized spacial score (nSPS) is 20.0. The van der Waals surface area contributed by atoms with E-state index in [1.165, 1.54) is 12.1 Å². The molecule has 220 valence electrons. The van der Waals surface area contributed by atoms with E-state index in [-0.39, 0.29) is 23.4 Å². The summed E-state index contributed by atoms with van der Waals surface area (Å²) in [5.41, 5.74) is 6.86. The fourth-order valence-electron chi connectivity index (χ4n) is 5.28. The van der Waals surface area contributed by atoms with Crippen LogP contribution in [-0.2, 0) is 14.4 Å². The summed E-state index contributed by atoms with van der Waals surface area (Å²) in [6, 6.07) is 10.9. The van der Waals surface area contributed by atoms with E-state index in [4.69, 9.17) is 5.73 Å². The van der Waals surface area contributed by atoms with Crippen LogP contribution in [0.5, 0.6) is 0 Å². The van der Waals surface area contributed by atoms with Gasteiger partial charge in [0.15, 0.2) is 0 Å². The van der Waals surface area contributed by atoms with Crippen molar-refractivity contribution in [1.29, 1.82) is 0 Å². The van der Waals surface area contributed by atoms with Crippen LogP contribution in [-0.4, -0.2) is 41.7 Å². The number of halogens is 6. The topological polar surface area (TPSA) is 114 Å². The molecule has 2 aliphatic rings. The van der Waals surface area contributed by atoms with Gasteiger partial charge in [-0.1, -0.05) is 35.9 Å². The molecule has 2 aromatic carbocycles. The molecule has 1 aliphatic carbocycles. The minimum atomic E-state index is -4.69. The van der Waals surface area contributed by atoms with Gasteiger partial charge in [0, 0.05) is 42.2 Å². The van der Waals surface area contributed by atoms with Crippen LogP contribution in [0.3, 0.4) is 0 Å². The Bertz CT molecular complexity index is 1370. The fourth-order valence-corrected chi connectivity index (χ4v) is 5.28. The molecule has 0 aromatic heterocycles. The highest BCUT2D eigenvalue weighted by Crippen LogP contribution is 2.46. The van der Waals surface area contributed by atoms with E-state index in [0.29, 0.717) is 5.56 Å². The predicted molar refractivity (Wildman–Crippen MR) is 138 cm³/mol. The van der Waals surface area contributed by atoms with Crippen LogP contribution in [0.25, 0.3) is 0 Å². The van der Waals surface area contributed by atoms with Crippen LogP contribution >= 0.6 is 0 Å². The summed E-state index contributed by atoms with van der Waals surface area (Å²) in [7, 11) is 0. The Hall–Kier alpha value is -3.90. The molecular formula is C28H28F6N4O3. The van der Waals surface area contributed by atoms with Gasteiger partial charge in [-0.3, -0.25) is 14.4 Å². The van der Waals surface area contributed by atoms with Gasteiger partial charge in [0.05, 0.1) is 11.4 Å². The van der Waals surface area contributed by atoms with Gasteiger partial charge in [0.25, 0.3) is 5.91 Å². The van der Waals surface area contributed by atoms with E-state index in [9.17, 15) is 40.7 Å². The van der Waals surface area contributed by atoms with Crippen molar-refractivity contribution < 1.29 is 40.7 Å². The second kappa shape index (κ2) is 11.5. The van der Waals surface area contributed by atoms with E-state index in [0.717, 1.165) is 11.6 Å². The first-order chi connectivity index (χ1) is 19.1. The van der Waals surface area contributed by atoms with Gasteiger partial charge >= 0.3 is 6.18 Å². The number of aryl methyl sites for hydroxylation is 1. The summed E-state index contributed by atoms with van der Waals surface area (Å²) in [4.78, 5) is 43.2. The SMILES string of the molecule is Cc1cccc(C2=NC(NC(=O)C(CCC(F)(F)F)C(CC3CC(F)(F)C3)C(N)=O)C(=O)Nc3c(F)cccc32)c1. The summed E-state index contributed by atoms with van der Waals surface area (Å²) in [5, 5.41) is 4.66. The highest BCUT2D eigenvalue weighted by molar-refractivity contribution is 6.20. The average molecular weight is 583 g/mol. The molecule has 41 heavy (non-hydrogen) atoms. The summed E-state index contributed by atoms with van der Waals surface area (Å²) < 4.78 is 81.0. The van der Waals surface area contributed by atoms with Gasteiger partial charge in [-0.15, -0.1) is 0 Å². The molecule has 3 unspecified atom stereocenters. The van der Waals surface area contributed by atoms with Crippen molar-refractivity contribution in [3.05, 3.63) is 65.0 Å². The molecule has 0 bridgehead atoms. The molecule has 0 spiro atoms. The minimum absolute atomic E-state index is 0.127. The second-order valence-electron chi connectivity index (χ2n) is 10.5. The molecule has 1 aliphatic heterocycles. The lowest BCUT2D eigenvalue weighted by Gasteiger charge is -2.38. The Morgan fingerprint density at radius 1 is 1.15 bits per heavy atom. The van der Waals surface area contributed by atoms with Crippen molar-refractivity contribution in [1.82, 2.24) is 5.32 Å². The van der Waals surface area contributed by atoms with Crippen LogP contribution in [0.15, 0.2) is 47.5 Å². The highest BCUT2D eigenvalue weighted by atomic mass is 19.4. The van der Waals surface area contributed by atoms with Gasteiger partial charge < -0.3 is 16.4 Å². The van der Waals surface area contributed by atoms with E-state index in [1.807, 2.05) is 0 Å². The Morgan fingerprint density at radius 2 is 1.83 bits per heavy atom. The zero-order chi connectivity index (χ0) is 30.1. The number of benzodiazepines with no additional fused rings is 1. The van der Waals surface area contributed by atoms with Gasteiger partial charge in [0.1, 0.15) is 5.82 Å². The van der Waals surface area contributed by atoms with Gasteiger partial charge in [-0.05, 0) is 37.8 Å². The lowest BCUT2D eigenvalue weighted by atomic mass is 9.72. The number of fused-ring (bicyclic) bond motifs is 1. The number of aliphatic imine (C=N–C) groups is 1. The van der Waals surface area contributed by atoms with Crippen LogP contribution in [0.4, 0.5) is 32.0 Å². The summed E-state index contributed by atoms with van der Waals surface area (Å²) >= 11 is 0. The van der Waals surface area contributed by atoms with Crippen LogP contribution in [0, 0.1) is 30.5 Å². The number of nitrogens with one attached hydrogen (secondary N) is 2. The number of para-hydroxylation sites is 1. The molecule has 1 fully saturated rings. The number of primary amides is 1. The molecule has 13 heteroatoms. The molecule has 2 aromatic rings. The third kappa shape index (κ3) is 7.25. The Balaban J connectivity index is 1.68. The predicted octanol–water partition coefficient (Wildman–Crippen LogP) is 4.86. The number of hydrogen-bond acceptors (Lipinski definition) is 4. The van der Waals surface area contributed by atoms with Crippen molar-refractivity contribution in [3.63, 3.8) is 0 Å². The molecule has 1 heterocycles. The third-order valence-electron chi connectivity index (χ3n) is 7.28. The average Bonchev–Trinajstić information content (AvgIpc) is 2.98. The molecular weight excluding hydrogens is 554 g/mol. The largest absolute Gasteiger partial charge is 0.389 e. The molecule has 7 nitrogen and oxygen atoms in total. The standard InChI is InChI=1S/C28H28F6N4O3/c1-14-4-2-5-16(10-14)21-18-6-3-7-20(29)22(18)37-26(41)24(36-21)38-25(40)17(8-9-28(32,33)34)19(23(35)39)11-15-12-27(30,31)13-15/h2-7,10,15,17,19,24H,8-9,11-13H2,1H3,(H2,35,39)(H,37,41)(H,38,40). The molecule has 4 N–H and O–H groups in total. The number of rotatable bonds is 9. The number of amides is 3. The lowest BCUT2D eigenvalue weighted by molar-refractivity contribution is -0.149. The van der Waals surface area contributed by atoms with Crippen molar-refractivity contribution in [2.24, 2.45) is 28.5 Å². The zero-order valence-electron chi connectivity index (χ0n) is 21.9. The number of carbonyl (C=O) groups excluding carboxylic acids is 3. The molecule has 3 atom stereocenters. The van der Waals surface area contributed by atoms with Crippen molar-refractivity contribution in [2.75, 3.05) is 5.32 Å². The Kier molecular flexibility index (Phi) is 8.46. The van der Waals surface area contributed by atoms with Crippen molar-refractivity contribution in [2.45, 2.75) is 57.3 Å². The quantitative estimate of drug-likeness (QED) is 0.367. The van der Waals surface area contributed by atoms with E-state index < -0.39 is 85.2 Å². The molecule has 0 saturated heterocycles. The zero-order valence-corrected chi connectivity index (χ0v) is 21.9. The number of alkyl halides is 5. The lowest BCUT2D eigenvalue weighted by Crippen LogP contribution is -2.49. The maximum atomic E-state index is 14.8. The summed E-state index contributed by atoms with van der Waals surface area (Å²) in [5.74, 6) is -10.9. The van der Waals surface area contributed by atoms with E-state index in [2.05, 4.69) is 15.6 Å². The summed E-state index contributed by atoms with van der Waals surface area (Å²) in [6.07, 6.45) is -10.2. The third-order valence-corrected chi connectivity index (χ3v) is 7.28. The number of nitrogens with zero attached hydrogens (tertiary/aromatic N) is 1. The molecule has 0 radical (unpaired) electrons. The number of anilines is 1. The van der Waals surface area contributed by atoms with Crippen molar-refractivity contribution in [3.8, 4) is 0 Å². The van der Waals surface area contributed by atoms with Gasteiger partial charge in [-0.25, -0.2) is 18.2 Å². The van der Waals surface area contributed by atoms with E-state index >= 15 is 0 Å². The number of benzene rings is 2. The second-order valence-corrected chi connectivity index (χ2v) is 10.5. The van der Waals surface area contributed by atoms with Crippen LogP contribution < -0.4 is 16.4 Å². The maximum Gasteiger partial charge on any atom is 0.389 e. The first-order valence-corrected chi connectivity index (χ1v) is 12.9. The van der Waals surface area contributed by atoms with Gasteiger partial charge in [0.2, 0.25) is 23.9 Å². The Labute approximate surface area is 231 Å². The fraction of sp³-hybridized carbons (Fsp3) is 0.429. The maximum absolute atomic E-state index is 14.8. The van der Waals surface area contributed by atoms with E-state index in [1.54, 1.807) is 31.2 Å². The smallest absolute Gasteiger partial charge is 0.369 e. The van der Waals surface area contributed by atoms with Crippen LogP contribution in [0.1, 0.15) is 48.8 Å². The first kappa shape index (κ1) is 30.1. The summed E-state index contributed by atoms with van der Waals surface area (Å²) in [6.45, 7) is 1.79. The first-order valence-electron chi connectivity index (χ1n) is 12.9. The van der Waals surface area contributed by atoms with Crippen molar-refractivity contribution >= 4 is 29.1 Å². The molecule has 1 saturated carbocycles. The Morgan fingerprint density at radius 3 is 2.44 bits per heavy atom. The molecule has 3 amide bonds. The number of hydrogen-bond donors (Lipinski definition) is 3. The number of nitrogens with two attached hydrogens (primary N) is 1. The minimum Gasteiger partial charge on any atom is -0.369 e. The monoisotopic (exact) mass is 582 g/mol. The van der Waals surface area contributed by atoms with Crippen LogP contribution in [0.2, 0.25) is 0 Å². The highest BCUT2D eigenvalue weighted by Gasteiger charge is 2.48. The number of carbonyl (C=O) groups is 3.